The van der Waals surface area contributed by atoms with Crippen molar-refractivity contribution in [3.63, 3.8) is 0 Å². The Morgan fingerprint density at radius 1 is 0.696 bits per heavy atom. The lowest BCUT2D eigenvalue weighted by atomic mass is 10.1. The Balaban J connectivity index is 1.96. The van der Waals surface area contributed by atoms with E-state index in [1.165, 1.54) is 37.7 Å². The van der Waals surface area contributed by atoms with Gasteiger partial charge in [-0.3, -0.25) is 0 Å². The summed E-state index contributed by atoms with van der Waals surface area (Å²) in [4.78, 5) is 1.87. The summed E-state index contributed by atoms with van der Waals surface area (Å²) in [6.07, 6.45) is 0. The molecule has 0 spiro atoms. The molecule has 0 amide bonds. The number of ether oxygens (including phenoxy) is 2. The zero-order chi connectivity index (χ0) is 16.4. The highest BCUT2D eigenvalue weighted by atomic mass is 32.1. The Kier molecular flexibility index (Phi) is 4.30. The molecule has 0 saturated heterocycles. The molecule has 0 saturated carbocycles. The van der Waals surface area contributed by atoms with Crippen LogP contribution in [-0.4, -0.2) is 14.2 Å². The molecule has 3 aromatic rings. The SMILES string of the molecule is COc1ccc(-c2ccc(-c3ccc(F)c(OC)c3)s2)cc1F. The van der Waals surface area contributed by atoms with Crippen molar-refractivity contribution >= 4 is 11.3 Å². The highest BCUT2D eigenvalue weighted by Gasteiger charge is 2.10. The molecule has 0 aliphatic heterocycles. The summed E-state index contributed by atoms with van der Waals surface area (Å²) < 4.78 is 37.3. The number of halogens is 2. The normalized spacial score (nSPS) is 10.6. The van der Waals surface area contributed by atoms with Gasteiger partial charge >= 0.3 is 0 Å². The van der Waals surface area contributed by atoms with Crippen LogP contribution in [0.5, 0.6) is 11.5 Å². The van der Waals surface area contributed by atoms with Crippen LogP contribution in [-0.2, 0) is 0 Å². The monoisotopic (exact) mass is 332 g/mol. The molecule has 1 aromatic heterocycles. The molecule has 0 radical (unpaired) electrons. The van der Waals surface area contributed by atoms with Gasteiger partial charge in [0.15, 0.2) is 23.1 Å². The Labute approximate surface area is 136 Å². The maximum Gasteiger partial charge on any atom is 0.165 e. The maximum absolute atomic E-state index is 13.8. The van der Waals surface area contributed by atoms with Crippen LogP contribution in [0.25, 0.3) is 20.9 Å². The minimum atomic E-state index is -0.400. The molecule has 3 rings (SSSR count). The Hall–Kier alpha value is -2.40. The van der Waals surface area contributed by atoms with Gasteiger partial charge in [-0.15, -0.1) is 11.3 Å². The summed E-state index contributed by atoms with van der Waals surface area (Å²) in [6, 6.07) is 13.4. The molecule has 0 N–H and O–H groups in total. The van der Waals surface area contributed by atoms with Crippen molar-refractivity contribution in [2.75, 3.05) is 14.2 Å². The fourth-order valence-electron chi connectivity index (χ4n) is 2.28. The molecule has 23 heavy (non-hydrogen) atoms. The minimum absolute atomic E-state index is 0.202. The van der Waals surface area contributed by atoms with Gasteiger partial charge in [-0.2, -0.15) is 0 Å². The number of methoxy groups -OCH3 is 2. The third-order valence-corrected chi connectivity index (χ3v) is 4.66. The molecule has 0 aliphatic carbocycles. The lowest BCUT2D eigenvalue weighted by molar-refractivity contribution is 0.386. The average Bonchev–Trinajstić information content (AvgIpc) is 3.05. The van der Waals surface area contributed by atoms with Crippen molar-refractivity contribution in [3.8, 4) is 32.4 Å². The fraction of sp³-hybridized carbons (Fsp3) is 0.111. The van der Waals surface area contributed by atoms with Crippen LogP contribution < -0.4 is 9.47 Å². The highest BCUT2D eigenvalue weighted by Crippen LogP contribution is 2.37. The second-order valence-corrected chi connectivity index (χ2v) is 5.95. The van der Waals surface area contributed by atoms with E-state index < -0.39 is 11.6 Å². The van der Waals surface area contributed by atoms with Crippen molar-refractivity contribution in [2.24, 2.45) is 0 Å². The highest BCUT2D eigenvalue weighted by molar-refractivity contribution is 7.18. The average molecular weight is 332 g/mol. The third kappa shape index (κ3) is 3.05. The Bertz CT molecular complexity index is 843. The Morgan fingerprint density at radius 3 is 1.91 bits per heavy atom. The van der Waals surface area contributed by atoms with Gasteiger partial charge in [0.1, 0.15) is 0 Å². The lowest BCUT2D eigenvalue weighted by Gasteiger charge is -2.04. The molecule has 0 bridgehead atoms. The first-order chi connectivity index (χ1) is 11.1. The van der Waals surface area contributed by atoms with E-state index in [0.717, 1.165) is 20.9 Å². The zero-order valence-corrected chi connectivity index (χ0v) is 13.4. The van der Waals surface area contributed by atoms with Gasteiger partial charge in [0, 0.05) is 9.75 Å². The van der Waals surface area contributed by atoms with E-state index in [0.29, 0.717) is 0 Å². The number of rotatable bonds is 4. The van der Waals surface area contributed by atoms with Crippen LogP contribution in [0.4, 0.5) is 8.78 Å². The number of hydrogen-bond acceptors (Lipinski definition) is 3. The summed E-state index contributed by atoms with van der Waals surface area (Å²) in [7, 11) is 2.87. The first kappa shape index (κ1) is 15.5. The van der Waals surface area contributed by atoms with E-state index in [4.69, 9.17) is 9.47 Å². The van der Waals surface area contributed by atoms with Gasteiger partial charge in [-0.05, 0) is 53.6 Å². The first-order valence-electron chi connectivity index (χ1n) is 6.90. The largest absolute Gasteiger partial charge is 0.494 e. The summed E-state index contributed by atoms with van der Waals surface area (Å²) in [5.74, 6) is -0.379. The smallest absolute Gasteiger partial charge is 0.165 e. The number of thiophene rings is 1. The second kappa shape index (κ2) is 6.38. The summed E-state index contributed by atoms with van der Waals surface area (Å²) in [5.41, 5.74) is 1.63. The van der Waals surface area contributed by atoms with Gasteiger partial charge in [0.05, 0.1) is 14.2 Å². The van der Waals surface area contributed by atoms with Gasteiger partial charge in [0.2, 0.25) is 0 Å². The molecule has 1 heterocycles. The molecule has 0 aliphatic rings. The number of benzene rings is 2. The molecule has 5 heteroatoms. The molecule has 2 aromatic carbocycles. The topological polar surface area (TPSA) is 18.5 Å². The summed E-state index contributed by atoms with van der Waals surface area (Å²) in [6.45, 7) is 0. The maximum atomic E-state index is 13.8. The van der Waals surface area contributed by atoms with Crippen molar-refractivity contribution in [3.05, 3.63) is 60.2 Å². The standard InChI is InChI=1S/C18H14F2O2S/c1-21-15-6-4-11(9-14(15)20)17-7-8-18(23-17)12-3-5-13(19)16(10-12)22-2/h3-10H,1-2H3. The van der Waals surface area contributed by atoms with Gasteiger partial charge in [0.25, 0.3) is 0 Å². The molecular formula is C18H14F2O2S. The molecule has 0 fully saturated rings. The predicted molar refractivity (Wildman–Crippen MR) is 88.2 cm³/mol. The van der Waals surface area contributed by atoms with E-state index in [2.05, 4.69) is 0 Å². The second-order valence-electron chi connectivity index (χ2n) is 4.86. The molecule has 0 atom stereocenters. The first-order valence-corrected chi connectivity index (χ1v) is 7.71. The van der Waals surface area contributed by atoms with Gasteiger partial charge < -0.3 is 9.47 Å². The lowest BCUT2D eigenvalue weighted by Crippen LogP contribution is -1.87. The van der Waals surface area contributed by atoms with E-state index in [9.17, 15) is 8.78 Å². The summed E-state index contributed by atoms with van der Waals surface area (Å²) in [5, 5.41) is 0. The fourth-order valence-corrected chi connectivity index (χ4v) is 3.28. The molecule has 0 unspecified atom stereocenters. The van der Waals surface area contributed by atoms with Crippen molar-refractivity contribution < 1.29 is 18.3 Å². The van der Waals surface area contributed by atoms with E-state index in [1.54, 1.807) is 18.2 Å². The molecule has 2 nitrogen and oxygen atoms in total. The van der Waals surface area contributed by atoms with Crippen LogP contribution in [0.15, 0.2) is 48.5 Å². The van der Waals surface area contributed by atoms with E-state index >= 15 is 0 Å². The van der Waals surface area contributed by atoms with Crippen molar-refractivity contribution in [1.29, 1.82) is 0 Å². The quantitative estimate of drug-likeness (QED) is 0.639. The Morgan fingerprint density at radius 2 is 1.30 bits per heavy atom. The van der Waals surface area contributed by atoms with Crippen LogP contribution >= 0.6 is 11.3 Å². The minimum Gasteiger partial charge on any atom is -0.494 e. The van der Waals surface area contributed by atoms with Crippen LogP contribution in [0.1, 0.15) is 0 Å². The predicted octanol–water partition coefficient (Wildman–Crippen LogP) is 5.38. The van der Waals surface area contributed by atoms with E-state index in [1.807, 2.05) is 18.2 Å². The van der Waals surface area contributed by atoms with Crippen LogP contribution in [0.2, 0.25) is 0 Å². The van der Waals surface area contributed by atoms with E-state index in [-0.39, 0.29) is 11.5 Å². The molecule has 118 valence electrons. The van der Waals surface area contributed by atoms with Gasteiger partial charge in [-0.1, -0.05) is 6.07 Å². The van der Waals surface area contributed by atoms with Crippen LogP contribution in [0.3, 0.4) is 0 Å². The number of hydrogen-bond donors (Lipinski definition) is 0. The van der Waals surface area contributed by atoms with Crippen molar-refractivity contribution in [1.82, 2.24) is 0 Å². The molecular weight excluding hydrogens is 318 g/mol. The van der Waals surface area contributed by atoms with Crippen molar-refractivity contribution in [2.45, 2.75) is 0 Å². The zero-order valence-electron chi connectivity index (χ0n) is 12.6. The third-order valence-electron chi connectivity index (χ3n) is 3.48. The van der Waals surface area contributed by atoms with Gasteiger partial charge in [-0.25, -0.2) is 8.78 Å². The summed E-state index contributed by atoms with van der Waals surface area (Å²) >= 11 is 1.50. The van der Waals surface area contributed by atoms with Crippen LogP contribution in [0, 0.1) is 11.6 Å².